The Morgan fingerprint density at radius 3 is 2.93 bits per heavy atom. The van der Waals surface area contributed by atoms with E-state index in [9.17, 15) is 0 Å². The summed E-state index contributed by atoms with van der Waals surface area (Å²) in [4.78, 5) is 0. The lowest BCUT2D eigenvalue weighted by molar-refractivity contribution is 0.864. The molecular weight excluding hydrogens is 204 g/mol. The van der Waals surface area contributed by atoms with E-state index in [-0.39, 0.29) is 16.7 Å². The lowest BCUT2D eigenvalue weighted by Gasteiger charge is -2.08. The SMILES string of the molecule is C=CC(C#N)Nc1nnnc(Cl)c1N. The van der Waals surface area contributed by atoms with E-state index >= 15 is 0 Å². The molecule has 0 radical (unpaired) electrons. The Bertz CT molecular complexity index is 384. The van der Waals surface area contributed by atoms with Gasteiger partial charge in [-0.05, 0) is 5.21 Å². The van der Waals surface area contributed by atoms with E-state index in [0.29, 0.717) is 0 Å². The van der Waals surface area contributed by atoms with Crippen LogP contribution in [0.1, 0.15) is 0 Å². The molecule has 14 heavy (non-hydrogen) atoms. The van der Waals surface area contributed by atoms with Crippen molar-refractivity contribution in [1.82, 2.24) is 15.4 Å². The van der Waals surface area contributed by atoms with Crippen molar-refractivity contribution in [2.75, 3.05) is 11.1 Å². The molecule has 1 aromatic rings. The number of hydrogen-bond donors (Lipinski definition) is 2. The molecule has 1 aromatic heterocycles. The molecule has 72 valence electrons. The van der Waals surface area contributed by atoms with Gasteiger partial charge in [-0.2, -0.15) is 5.26 Å². The van der Waals surface area contributed by atoms with Crippen molar-refractivity contribution < 1.29 is 0 Å². The van der Waals surface area contributed by atoms with E-state index in [4.69, 9.17) is 22.6 Å². The van der Waals surface area contributed by atoms with E-state index in [0.717, 1.165) is 0 Å². The Morgan fingerprint density at radius 2 is 2.36 bits per heavy atom. The fourth-order valence-electron chi connectivity index (χ4n) is 0.710. The third-order valence-electron chi connectivity index (χ3n) is 1.42. The van der Waals surface area contributed by atoms with Crippen LogP contribution in [0.2, 0.25) is 5.15 Å². The second-order valence-corrected chi connectivity index (χ2v) is 2.69. The first-order chi connectivity index (χ1) is 6.69. The van der Waals surface area contributed by atoms with Crippen molar-refractivity contribution >= 4 is 23.1 Å². The number of rotatable bonds is 3. The van der Waals surface area contributed by atoms with Gasteiger partial charge in [0.05, 0.1) is 6.07 Å². The standard InChI is InChI=1S/C7H7ClN6/c1-2-4(3-9)11-7-5(10)6(8)12-14-13-7/h2,4H,1H2,(H2,10,14)(H,11,12,13). The maximum absolute atomic E-state index is 8.63. The van der Waals surface area contributed by atoms with Crippen LogP contribution in [0.4, 0.5) is 11.5 Å². The second-order valence-electron chi connectivity index (χ2n) is 2.33. The van der Waals surface area contributed by atoms with Crippen LogP contribution in [-0.2, 0) is 0 Å². The maximum Gasteiger partial charge on any atom is 0.180 e. The number of aromatic nitrogens is 3. The molecule has 1 unspecified atom stereocenters. The van der Waals surface area contributed by atoms with Crippen LogP contribution < -0.4 is 11.1 Å². The van der Waals surface area contributed by atoms with Crippen molar-refractivity contribution in [1.29, 1.82) is 5.26 Å². The van der Waals surface area contributed by atoms with Crippen molar-refractivity contribution in [3.63, 3.8) is 0 Å². The number of anilines is 2. The summed E-state index contributed by atoms with van der Waals surface area (Å²) in [5.41, 5.74) is 5.69. The minimum Gasteiger partial charge on any atom is -0.393 e. The van der Waals surface area contributed by atoms with E-state index < -0.39 is 6.04 Å². The number of halogens is 1. The highest BCUT2D eigenvalue weighted by Gasteiger charge is 2.10. The lowest BCUT2D eigenvalue weighted by atomic mass is 10.3. The Hall–Kier alpha value is -1.87. The summed E-state index contributed by atoms with van der Waals surface area (Å²) in [6.45, 7) is 3.46. The molecule has 0 aromatic carbocycles. The number of nitriles is 1. The summed E-state index contributed by atoms with van der Waals surface area (Å²) < 4.78 is 0. The molecule has 1 atom stereocenters. The fourth-order valence-corrected chi connectivity index (χ4v) is 0.833. The van der Waals surface area contributed by atoms with Gasteiger partial charge in [0.15, 0.2) is 11.0 Å². The second kappa shape index (κ2) is 4.39. The Balaban J connectivity index is 2.92. The van der Waals surface area contributed by atoms with E-state index in [1.807, 2.05) is 6.07 Å². The zero-order valence-corrected chi connectivity index (χ0v) is 7.86. The van der Waals surface area contributed by atoms with Crippen LogP contribution in [0.25, 0.3) is 0 Å². The van der Waals surface area contributed by atoms with Gasteiger partial charge in [-0.3, -0.25) is 0 Å². The molecule has 6 nitrogen and oxygen atoms in total. The molecule has 0 saturated carbocycles. The average Bonchev–Trinajstić information content (AvgIpc) is 2.20. The van der Waals surface area contributed by atoms with Gasteiger partial charge in [-0.25, -0.2) is 0 Å². The number of nitrogens with one attached hydrogen (secondary N) is 1. The number of nitrogen functional groups attached to an aromatic ring is 1. The predicted octanol–water partition coefficient (Wildman–Crippen LogP) is 0.597. The van der Waals surface area contributed by atoms with E-state index in [1.54, 1.807) is 0 Å². The molecule has 3 N–H and O–H groups in total. The molecule has 7 heteroatoms. The summed E-state index contributed by atoms with van der Waals surface area (Å²) in [7, 11) is 0. The van der Waals surface area contributed by atoms with Crippen molar-refractivity contribution in [2.45, 2.75) is 6.04 Å². The monoisotopic (exact) mass is 210 g/mol. The Morgan fingerprint density at radius 1 is 1.64 bits per heavy atom. The first-order valence-corrected chi connectivity index (χ1v) is 4.00. The van der Waals surface area contributed by atoms with E-state index in [1.165, 1.54) is 6.08 Å². The largest absolute Gasteiger partial charge is 0.393 e. The van der Waals surface area contributed by atoms with E-state index in [2.05, 4.69) is 27.3 Å². The summed E-state index contributed by atoms with van der Waals surface area (Å²) >= 11 is 5.60. The normalized spacial score (nSPS) is 11.4. The third-order valence-corrected chi connectivity index (χ3v) is 1.70. The minimum atomic E-state index is -0.593. The highest BCUT2D eigenvalue weighted by molar-refractivity contribution is 6.32. The topological polar surface area (TPSA) is 101 Å². The Labute approximate surface area is 85.4 Å². The van der Waals surface area contributed by atoms with Gasteiger partial charge in [0.2, 0.25) is 0 Å². The van der Waals surface area contributed by atoms with Crippen molar-refractivity contribution in [2.24, 2.45) is 0 Å². The van der Waals surface area contributed by atoms with Crippen LogP contribution in [0.3, 0.4) is 0 Å². The predicted molar refractivity (Wildman–Crippen MR) is 52.5 cm³/mol. The van der Waals surface area contributed by atoms with Gasteiger partial charge in [-0.15, -0.1) is 10.2 Å². The molecule has 0 fully saturated rings. The first-order valence-electron chi connectivity index (χ1n) is 3.62. The molecule has 0 spiro atoms. The molecular formula is C7H7ClN6. The maximum atomic E-state index is 8.63. The average molecular weight is 211 g/mol. The highest BCUT2D eigenvalue weighted by atomic mass is 35.5. The van der Waals surface area contributed by atoms with Crippen molar-refractivity contribution in [3.8, 4) is 6.07 Å². The van der Waals surface area contributed by atoms with Crippen LogP contribution >= 0.6 is 11.6 Å². The molecule has 0 saturated heterocycles. The lowest BCUT2D eigenvalue weighted by Crippen LogP contribution is -2.17. The van der Waals surface area contributed by atoms with Crippen LogP contribution in [0.15, 0.2) is 12.7 Å². The van der Waals surface area contributed by atoms with Gasteiger partial charge < -0.3 is 11.1 Å². The molecule has 0 amide bonds. The van der Waals surface area contributed by atoms with Gasteiger partial charge in [-0.1, -0.05) is 24.3 Å². The summed E-state index contributed by atoms with van der Waals surface area (Å²) in [5, 5.41) is 21.7. The summed E-state index contributed by atoms with van der Waals surface area (Å²) in [6.07, 6.45) is 1.41. The van der Waals surface area contributed by atoms with Crippen LogP contribution in [0.5, 0.6) is 0 Å². The molecule has 1 rings (SSSR count). The molecule has 1 heterocycles. The van der Waals surface area contributed by atoms with Crippen LogP contribution in [-0.4, -0.2) is 21.5 Å². The quantitative estimate of drug-likeness (QED) is 0.709. The Kier molecular flexibility index (Phi) is 3.20. The van der Waals surface area contributed by atoms with Gasteiger partial charge in [0.1, 0.15) is 11.7 Å². The molecule has 0 aliphatic heterocycles. The van der Waals surface area contributed by atoms with Gasteiger partial charge >= 0.3 is 0 Å². The smallest absolute Gasteiger partial charge is 0.180 e. The van der Waals surface area contributed by atoms with Crippen molar-refractivity contribution in [3.05, 3.63) is 17.8 Å². The minimum absolute atomic E-state index is 0.0447. The molecule has 0 aliphatic carbocycles. The number of nitrogens with two attached hydrogens (primary N) is 1. The zero-order valence-electron chi connectivity index (χ0n) is 7.11. The highest BCUT2D eigenvalue weighted by Crippen LogP contribution is 2.21. The summed E-state index contributed by atoms with van der Waals surface area (Å²) in [5.74, 6) is 0.219. The molecule has 0 bridgehead atoms. The first kappa shape index (κ1) is 10.2. The molecule has 0 aliphatic rings. The zero-order chi connectivity index (χ0) is 10.6. The number of hydrogen-bond acceptors (Lipinski definition) is 6. The number of nitrogens with zero attached hydrogens (tertiary/aromatic N) is 4. The summed E-state index contributed by atoms with van der Waals surface area (Å²) in [6, 6.07) is 1.34. The van der Waals surface area contributed by atoms with Crippen LogP contribution in [0, 0.1) is 11.3 Å². The van der Waals surface area contributed by atoms with Gasteiger partial charge in [0, 0.05) is 0 Å². The fraction of sp³-hybridized carbons (Fsp3) is 0.143. The van der Waals surface area contributed by atoms with Gasteiger partial charge in [0.25, 0.3) is 0 Å². The third kappa shape index (κ3) is 2.08.